The number of nitrogens with one attached hydrogen (secondary N) is 2. The van der Waals surface area contributed by atoms with Crippen LogP contribution in [0.25, 0.3) is 5.69 Å². The second kappa shape index (κ2) is 10.2. The Labute approximate surface area is 210 Å². The molecular weight excluding hydrogens is 483 g/mol. The summed E-state index contributed by atoms with van der Waals surface area (Å²) in [5, 5.41) is 9.86. The van der Waals surface area contributed by atoms with Gasteiger partial charge < -0.3 is 16.4 Å². The van der Waals surface area contributed by atoms with Crippen LogP contribution in [0.2, 0.25) is 0 Å². The Kier molecular flexibility index (Phi) is 7.01. The van der Waals surface area contributed by atoms with Gasteiger partial charge in [-0.05, 0) is 55.0 Å². The first-order valence-corrected chi connectivity index (χ1v) is 11.3. The van der Waals surface area contributed by atoms with E-state index in [2.05, 4.69) is 15.7 Å². The molecule has 4 aromatic rings. The van der Waals surface area contributed by atoms with Crippen LogP contribution >= 0.6 is 0 Å². The SMILES string of the molecule is C[C@@H](NC(=O)c1nn(-c2ccccc2F)c(=O)cc1Nc1ccccc1)c1cc(N)cc(C(C)(F)F)c1. The molecule has 1 aromatic heterocycles. The number of nitrogens with two attached hydrogens (primary N) is 1. The highest BCUT2D eigenvalue weighted by molar-refractivity contribution is 5.98. The quantitative estimate of drug-likeness (QED) is 0.295. The summed E-state index contributed by atoms with van der Waals surface area (Å²) in [6.07, 6.45) is 0. The molecule has 1 atom stereocenters. The average Bonchev–Trinajstić information content (AvgIpc) is 2.84. The van der Waals surface area contributed by atoms with Crippen LogP contribution in [0.15, 0.2) is 83.7 Å². The number of hydrogen-bond acceptors (Lipinski definition) is 5. The van der Waals surface area contributed by atoms with Gasteiger partial charge in [-0.15, -0.1) is 0 Å². The lowest BCUT2D eigenvalue weighted by Gasteiger charge is -2.19. The van der Waals surface area contributed by atoms with Gasteiger partial charge in [-0.1, -0.05) is 30.3 Å². The molecule has 0 aliphatic heterocycles. The Morgan fingerprint density at radius 2 is 1.70 bits per heavy atom. The molecule has 4 N–H and O–H groups in total. The zero-order chi connectivity index (χ0) is 26.7. The van der Waals surface area contributed by atoms with Gasteiger partial charge in [-0.3, -0.25) is 9.59 Å². The molecule has 0 radical (unpaired) electrons. The second-order valence-electron chi connectivity index (χ2n) is 8.57. The fourth-order valence-corrected chi connectivity index (χ4v) is 3.72. The number of aromatic nitrogens is 2. The monoisotopic (exact) mass is 507 g/mol. The van der Waals surface area contributed by atoms with Gasteiger partial charge >= 0.3 is 0 Å². The predicted molar refractivity (Wildman–Crippen MR) is 136 cm³/mol. The number of amides is 1. The van der Waals surface area contributed by atoms with E-state index in [1.165, 1.54) is 42.5 Å². The molecule has 0 saturated heterocycles. The van der Waals surface area contributed by atoms with Crippen LogP contribution in [0, 0.1) is 5.82 Å². The highest BCUT2D eigenvalue weighted by Crippen LogP contribution is 2.31. The van der Waals surface area contributed by atoms with Crippen LogP contribution in [0.5, 0.6) is 0 Å². The van der Waals surface area contributed by atoms with Gasteiger partial charge in [0, 0.05) is 29.9 Å². The molecule has 1 amide bonds. The molecule has 190 valence electrons. The lowest BCUT2D eigenvalue weighted by molar-refractivity contribution is 0.0174. The first-order chi connectivity index (χ1) is 17.5. The van der Waals surface area contributed by atoms with Crippen molar-refractivity contribution in [2.45, 2.75) is 25.8 Å². The van der Waals surface area contributed by atoms with Crippen LogP contribution in [-0.4, -0.2) is 15.7 Å². The van der Waals surface area contributed by atoms with E-state index in [4.69, 9.17) is 5.73 Å². The van der Waals surface area contributed by atoms with Crippen molar-refractivity contribution in [1.29, 1.82) is 0 Å². The van der Waals surface area contributed by atoms with Gasteiger partial charge in [-0.25, -0.2) is 13.2 Å². The largest absolute Gasteiger partial charge is 0.399 e. The molecule has 0 saturated carbocycles. The van der Waals surface area contributed by atoms with Gasteiger partial charge in [-0.2, -0.15) is 9.78 Å². The molecule has 0 bridgehead atoms. The van der Waals surface area contributed by atoms with Gasteiger partial charge in [0.15, 0.2) is 5.69 Å². The minimum absolute atomic E-state index is 0.0850. The Morgan fingerprint density at radius 3 is 2.38 bits per heavy atom. The second-order valence-corrected chi connectivity index (χ2v) is 8.57. The average molecular weight is 508 g/mol. The van der Waals surface area contributed by atoms with Gasteiger partial charge in [0.25, 0.3) is 17.4 Å². The van der Waals surface area contributed by atoms with Crippen LogP contribution in [0.1, 0.15) is 41.5 Å². The number of nitrogen functional groups attached to an aromatic ring is 1. The molecular formula is C27H24F3N5O2. The molecule has 1 heterocycles. The highest BCUT2D eigenvalue weighted by atomic mass is 19.3. The third kappa shape index (κ3) is 5.80. The summed E-state index contributed by atoms with van der Waals surface area (Å²) in [6.45, 7) is 2.35. The number of rotatable bonds is 7. The zero-order valence-electron chi connectivity index (χ0n) is 20.0. The third-order valence-corrected chi connectivity index (χ3v) is 5.61. The smallest absolute Gasteiger partial charge is 0.274 e. The summed E-state index contributed by atoms with van der Waals surface area (Å²) in [7, 11) is 0. The fraction of sp³-hybridized carbons (Fsp3) is 0.148. The minimum atomic E-state index is -3.13. The van der Waals surface area contributed by atoms with Crippen LogP contribution in [0.3, 0.4) is 0 Å². The maximum atomic E-state index is 14.4. The van der Waals surface area contributed by atoms with Crippen molar-refractivity contribution in [3.05, 3.63) is 112 Å². The van der Waals surface area contributed by atoms with Gasteiger partial charge in [0.05, 0.1) is 11.7 Å². The van der Waals surface area contributed by atoms with Crippen molar-refractivity contribution in [3.63, 3.8) is 0 Å². The summed E-state index contributed by atoms with van der Waals surface area (Å²) in [5.41, 5.74) is 5.66. The lowest BCUT2D eigenvalue weighted by atomic mass is 10.0. The van der Waals surface area contributed by atoms with Crippen LogP contribution < -0.4 is 21.9 Å². The Morgan fingerprint density at radius 1 is 1.03 bits per heavy atom. The van der Waals surface area contributed by atoms with Crippen LogP contribution in [-0.2, 0) is 5.92 Å². The van der Waals surface area contributed by atoms with Crippen molar-refractivity contribution < 1.29 is 18.0 Å². The zero-order valence-corrected chi connectivity index (χ0v) is 20.0. The molecule has 37 heavy (non-hydrogen) atoms. The molecule has 4 rings (SSSR count). The number of nitrogens with zero attached hydrogens (tertiary/aromatic N) is 2. The van der Waals surface area contributed by atoms with E-state index in [-0.39, 0.29) is 28.3 Å². The van der Waals surface area contributed by atoms with E-state index in [0.717, 1.165) is 17.7 Å². The summed E-state index contributed by atoms with van der Waals surface area (Å²) in [6, 6.07) is 18.6. The van der Waals surface area contributed by atoms with E-state index >= 15 is 0 Å². The first kappa shape index (κ1) is 25.5. The molecule has 0 aliphatic carbocycles. The first-order valence-electron chi connectivity index (χ1n) is 11.3. The number of carbonyl (C=O) groups is 1. The number of carbonyl (C=O) groups excluding carboxylic acids is 1. The van der Waals surface area contributed by atoms with E-state index in [0.29, 0.717) is 11.3 Å². The normalized spacial score (nSPS) is 12.1. The van der Waals surface area contributed by atoms with Crippen molar-refractivity contribution in [1.82, 2.24) is 15.1 Å². The topological polar surface area (TPSA) is 102 Å². The van der Waals surface area contributed by atoms with Crippen molar-refractivity contribution in [2.24, 2.45) is 0 Å². The van der Waals surface area contributed by atoms with E-state index in [1.807, 2.05) is 0 Å². The number of anilines is 3. The molecule has 0 aliphatic rings. The maximum absolute atomic E-state index is 14.4. The van der Waals surface area contributed by atoms with Crippen molar-refractivity contribution in [2.75, 3.05) is 11.1 Å². The molecule has 3 aromatic carbocycles. The molecule has 0 spiro atoms. The fourth-order valence-electron chi connectivity index (χ4n) is 3.72. The van der Waals surface area contributed by atoms with Crippen molar-refractivity contribution >= 4 is 23.0 Å². The predicted octanol–water partition coefficient (Wildman–Crippen LogP) is 5.30. The molecule has 10 heteroatoms. The maximum Gasteiger partial charge on any atom is 0.274 e. The van der Waals surface area contributed by atoms with Crippen molar-refractivity contribution in [3.8, 4) is 5.69 Å². The number of halogens is 3. The van der Waals surface area contributed by atoms with Crippen LogP contribution in [0.4, 0.5) is 30.2 Å². The summed E-state index contributed by atoms with van der Waals surface area (Å²) >= 11 is 0. The Bertz CT molecular complexity index is 1500. The van der Waals surface area contributed by atoms with E-state index in [9.17, 15) is 22.8 Å². The van der Waals surface area contributed by atoms with Gasteiger partial charge in [0.2, 0.25) is 0 Å². The summed E-state index contributed by atoms with van der Waals surface area (Å²) in [5.74, 6) is -4.55. The summed E-state index contributed by atoms with van der Waals surface area (Å²) < 4.78 is 43.1. The number of benzene rings is 3. The highest BCUT2D eigenvalue weighted by Gasteiger charge is 2.26. The number of alkyl halides is 2. The van der Waals surface area contributed by atoms with E-state index in [1.54, 1.807) is 37.3 Å². The lowest BCUT2D eigenvalue weighted by Crippen LogP contribution is -2.32. The number of hydrogen-bond donors (Lipinski definition) is 3. The Balaban J connectivity index is 1.74. The van der Waals surface area contributed by atoms with Gasteiger partial charge in [0.1, 0.15) is 11.5 Å². The van der Waals surface area contributed by atoms with E-state index < -0.39 is 29.2 Å². The molecule has 7 nitrogen and oxygen atoms in total. The number of para-hydroxylation sites is 2. The molecule has 0 unspecified atom stereocenters. The standard InChI is InChI=1S/C27H24F3N5O2/c1-16(17-12-18(27(2,29)30)14-19(31)13-17)32-26(37)25-22(33-20-8-4-3-5-9-20)15-24(36)35(34-25)23-11-7-6-10-21(23)28/h3-16,33H,31H2,1-2H3,(H,32,37)/t16-/m1/s1. The molecule has 0 fully saturated rings. The Hall–Kier alpha value is -4.60. The third-order valence-electron chi connectivity index (χ3n) is 5.61. The summed E-state index contributed by atoms with van der Waals surface area (Å²) in [4.78, 5) is 26.2. The minimum Gasteiger partial charge on any atom is -0.399 e.